The van der Waals surface area contributed by atoms with E-state index in [2.05, 4.69) is 5.73 Å². The molecule has 0 unspecified atom stereocenters. The fourth-order valence-electron chi connectivity index (χ4n) is 0.382. The highest BCUT2D eigenvalue weighted by molar-refractivity contribution is 5.85. The van der Waals surface area contributed by atoms with E-state index < -0.39 is 24.3 Å². The predicted molar refractivity (Wildman–Crippen MR) is 32.3 cm³/mol. The van der Waals surface area contributed by atoms with E-state index >= 15 is 0 Å². The summed E-state index contributed by atoms with van der Waals surface area (Å²) < 4.78 is 91.7. The van der Waals surface area contributed by atoms with Crippen LogP contribution in [0.25, 0.3) is 0 Å². The summed E-state index contributed by atoms with van der Waals surface area (Å²) in [6, 6.07) is -4.24. The fraction of sp³-hybridized carbons (Fsp3) is 1.00. The molecule has 0 heterocycles. The van der Waals surface area contributed by atoms with Crippen molar-refractivity contribution in [1.82, 2.24) is 0 Å². The molecule has 0 saturated carbocycles. The molecule has 0 aromatic heterocycles. The van der Waals surface area contributed by atoms with Crippen molar-refractivity contribution in [2.45, 2.75) is 24.3 Å². The van der Waals surface area contributed by atoms with Crippen molar-refractivity contribution < 1.29 is 35.1 Å². The molecular formula is C4H4ClF8N. The number of rotatable bonds is 1. The van der Waals surface area contributed by atoms with Crippen molar-refractivity contribution >= 4 is 12.4 Å². The van der Waals surface area contributed by atoms with E-state index in [-0.39, 0.29) is 12.4 Å². The van der Waals surface area contributed by atoms with Crippen LogP contribution in [0.15, 0.2) is 0 Å². The van der Waals surface area contributed by atoms with Crippen molar-refractivity contribution in [2.24, 2.45) is 5.73 Å². The van der Waals surface area contributed by atoms with Crippen LogP contribution < -0.4 is 5.73 Å². The molecule has 0 amide bonds. The van der Waals surface area contributed by atoms with E-state index in [0.29, 0.717) is 0 Å². The monoisotopic (exact) mass is 253 g/mol. The van der Waals surface area contributed by atoms with Gasteiger partial charge in [0.25, 0.3) is 0 Å². The Morgan fingerprint density at radius 1 is 0.786 bits per heavy atom. The van der Waals surface area contributed by atoms with Gasteiger partial charge in [0, 0.05) is 0 Å². The summed E-state index contributed by atoms with van der Waals surface area (Å²) in [5.41, 5.74) is 3.72. The molecule has 0 rings (SSSR count). The SMILES string of the molecule is Cl.N[C@@H](C(F)(F)F)C(F)(F)C(F)(F)F. The zero-order chi connectivity index (χ0) is 11.1. The molecule has 10 heteroatoms. The minimum atomic E-state index is -6.30. The van der Waals surface area contributed by atoms with Crippen LogP contribution in [0, 0.1) is 0 Å². The summed E-state index contributed by atoms with van der Waals surface area (Å²) in [6.45, 7) is 0. The maximum atomic E-state index is 11.9. The lowest BCUT2D eigenvalue weighted by Crippen LogP contribution is -2.58. The van der Waals surface area contributed by atoms with Crippen LogP contribution in [0.2, 0.25) is 0 Å². The summed E-state index contributed by atoms with van der Waals surface area (Å²) in [6.07, 6.45) is -12.1. The van der Waals surface area contributed by atoms with E-state index in [0.717, 1.165) is 0 Å². The van der Waals surface area contributed by atoms with Gasteiger partial charge in [0.15, 0.2) is 6.04 Å². The summed E-state index contributed by atoms with van der Waals surface area (Å²) in [5.74, 6) is -5.97. The highest BCUT2D eigenvalue weighted by Gasteiger charge is 2.68. The third kappa shape index (κ3) is 3.12. The Balaban J connectivity index is 0. The largest absolute Gasteiger partial charge is 0.455 e. The highest BCUT2D eigenvalue weighted by atomic mass is 35.5. The van der Waals surface area contributed by atoms with Gasteiger partial charge in [-0.2, -0.15) is 35.1 Å². The van der Waals surface area contributed by atoms with Gasteiger partial charge >= 0.3 is 18.3 Å². The smallest absolute Gasteiger partial charge is 0.315 e. The minimum Gasteiger partial charge on any atom is -0.315 e. The first kappa shape index (κ1) is 16.1. The molecule has 0 radical (unpaired) electrons. The molecule has 88 valence electrons. The van der Waals surface area contributed by atoms with Gasteiger partial charge < -0.3 is 5.73 Å². The van der Waals surface area contributed by atoms with Gasteiger partial charge in [0.05, 0.1) is 0 Å². The summed E-state index contributed by atoms with van der Waals surface area (Å²) >= 11 is 0. The molecule has 0 spiro atoms. The van der Waals surface area contributed by atoms with Gasteiger partial charge in [0.1, 0.15) is 0 Å². The Morgan fingerprint density at radius 3 is 1.14 bits per heavy atom. The number of alkyl halides is 8. The summed E-state index contributed by atoms with van der Waals surface area (Å²) in [7, 11) is 0. The fourth-order valence-corrected chi connectivity index (χ4v) is 0.382. The minimum absolute atomic E-state index is 0. The standard InChI is InChI=1S/C4H3F8N.ClH/c5-2(6,4(10,11)12)1(13)3(7,8)9;/h1H,13H2;1H/t1-;/m1./s1. The van der Waals surface area contributed by atoms with Gasteiger partial charge in [-0.25, -0.2) is 0 Å². The second-order valence-corrected chi connectivity index (χ2v) is 2.14. The first-order chi connectivity index (χ1) is 5.40. The van der Waals surface area contributed by atoms with Gasteiger partial charge in [0.2, 0.25) is 0 Å². The third-order valence-corrected chi connectivity index (χ3v) is 1.12. The average molecular weight is 254 g/mol. The Kier molecular flexibility index (Phi) is 4.67. The van der Waals surface area contributed by atoms with E-state index in [1.807, 2.05) is 0 Å². The Hall–Kier alpha value is -0.310. The lowest BCUT2D eigenvalue weighted by molar-refractivity contribution is -0.322. The van der Waals surface area contributed by atoms with Crippen molar-refractivity contribution in [2.75, 3.05) is 0 Å². The zero-order valence-corrected chi connectivity index (χ0v) is 6.90. The number of hydrogen-bond donors (Lipinski definition) is 1. The van der Waals surface area contributed by atoms with Crippen molar-refractivity contribution in [3.63, 3.8) is 0 Å². The summed E-state index contributed by atoms with van der Waals surface area (Å²) in [5, 5.41) is 0. The van der Waals surface area contributed by atoms with E-state index in [1.54, 1.807) is 0 Å². The number of nitrogens with two attached hydrogens (primary N) is 1. The number of halogens is 9. The molecule has 0 aliphatic carbocycles. The second kappa shape index (κ2) is 4.05. The van der Waals surface area contributed by atoms with Gasteiger partial charge in [-0.3, -0.25) is 0 Å². The Morgan fingerprint density at radius 2 is 1.07 bits per heavy atom. The molecule has 2 N–H and O–H groups in total. The Labute approximate surface area is 78.7 Å². The van der Waals surface area contributed by atoms with Crippen molar-refractivity contribution in [3.05, 3.63) is 0 Å². The highest BCUT2D eigenvalue weighted by Crippen LogP contribution is 2.42. The van der Waals surface area contributed by atoms with Crippen LogP contribution >= 0.6 is 12.4 Å². The predicted octanol–water partition coefficient (Wildman–Crippen LogP) is 2.50. The summed E-state index contributed by atoms with van der Waals surface area (Å²) in [4.78, 5) is 0. The van der Waals surface area contributed by atoms with E-state index in [4.69, 9.17) is 0 Å². The molecular weight excluding hydrogens is 249 g/mol. The zero-order valence-electron chi connectivity index (χ0n) is 6.09. The van der Waals surface area contributed by atoms with Crippen LogP contribution in [-0.2, 0) is 0 Å². The lowest BCUT2D eigenvalue weighted by atomic mass is 10.1. The quantitative estimate of drug-likeness (QED) is 0.714. The van der Waals surface area contributed by atoms with Crippen molar-refractivity contribution in [3.8, 4) is 0 Å². The Bertz CT molecular complexity index is 183. The van der Waals surface area contributed by atoms with Crippen LogP contribution in [0.3, 0.4) is 0 Å². The van der Waals surface area contributed by atoms with E-state index in [9.17, 15) is 35.1 Å². The lowest BCUT2D eigenvalue weighted by Gasteiger charge is -2.26. The van der Waals surface area contributed by atoms with Crippen molar-refractivity contribution in [1.29, 1.82) is 0 Å². The molecule has 0 bridgehead atoms. The maximum absolute atomic E-state index is 11.9. The molecule has 0 fully saturated rings. The normalized spacial score (nSPS) is 16.1. The second-order valence-electron chi connectivity index (χ2n) is 2.14. The topological polar surface area (TPSA) is 26.0 Å². The molecule has 1 atom stereocenters. The first-order valence-electron chi connectivity index (χ1n) is 2.67. The third-order valence-electron chi connectivity index (χ3n) is 1.12. The first-order valence-corrected chi connectivity index (χ1v) is 2.67. The van der Waals surface area contributed by atoms with Crippen LogP contribution in [0.1, 0.15) is 0 Å². The molecule has 0 aromatic carbocycles. The average Bonchev–Trinajstić information content (AvgIpc) is 1.81. The van der Waals surface area contributed by atoms with Gasteiger partial charge in [-0.05, 0) is 0 Å². The van der Waals surface area contributed by atoms with Gasteiger partial charge in [-0.1, -0.05) is 0 Å². The molecule has 0 aliphatic rings. The molecule has 1 nitrogen and oxygen atoms in total. The molecule has 0 saturated heterocycles. The number of hydrogen-bond acceptors (Lipinski definition) is 1. The van der Waals surface area contributed by atoms with Gasteiger partial charge in [-0.15, -0.1) is 12.4 Å². The molecule has 14 heavy (non-hydrogen) atoms. The molecule has 0 aliphatic heterocycles. The maximum Gasteiger partial charge on any atom is 0.455 e. The van der Waals surface area contributed by atoms with Crippen LogP contribution in [-0.4, -0.2) is 24.3 Å². The van der Waals surface area contributed by atoms with Crippen LogP contribution in [0.4, 0.5) is 35.1 Å². The van der Waals surface area contributed by atoms with Crippen LogP contribution in [0.5, 0.6) is 0 Å². The molecule has 0 aromatic rings. The van der Waals surface area contributed by atoms with E-state index in [1.165, 1.54) is 0 Å².